The summed E-state index contributed by atoms with van der Waals surface area (Å²) < 4.78 is 5.34. The molecule has 0 aliphatic rings. The maximum atomic E-state index is 10.3. The van der Waals surface area contributed by atoms with E-state index in [0.29, 0.717) is 28.5 Å². The zero-order chi connectivity index (χ0) is 13.0. The topological polar surface area (TPSA) is 55.2 Å². The number of ether oxygens (including phenoxy) is 1. The highest BCUT2D eigenvalue weighted by Gasteiger charge is 2.14. The number of aromatic nitrogens is 2. The molecular formula is C13H13ClN2O2. The first-order chi connectivity index (χ1) is 8.72. The summed E-state index contributed by atoms with van der Waals surface area (Å²) in [5.74, 6) is 0.624. The largest absolute Gasteiger partial charge is 0.492 e. The molecule has 2 heterocycles. The average molecular weight is 265 g/mol. The van der Waals surface area contributed by atoms with Crippen molar-refractivity contribution in [2.24, 2.45) is 0 Å². The van der Waals surface area contributed by atoms with Gasteiger partial charge in [-0.3, -0.25) is 9.97 Å². The van der Waals surface area contributed by atoms with Gasteiger partial charge >= 0.3 is 0 Å². The Morgan fingerprint density at radius 1 is 1.33 bits per heavy atom. The van der Waals surface area contributed by atoms with E-state index in [4.69, 9.17) is 16.3 Å². The molecular weight excluding hydrogens is 252 g/mol. The molecule has 1 N–H and O–H groups in total. The second-order valence-electron chi connectivity index (χ2n) is 3.69. The minimum Gasteiger partial charge on any atom is -0.492 e. The summed E-state index contributed by atoms with van der Waals surface area (Å²) >= 11 is 6.00. The molecule has 0 amide bonds. The Kier molecular flexibility index (Phi) is 4.12. The Bertz CT molecular complexity index is 534. The molecule has 0 saturated carbocycles. The van der Waals surface area contributed by atoms with E-state index in [1.54, 1.807) is 30.7 Å². The molecule has 0 radical (unpaired) electrons. The fourth-order valence-electron chi connectivity index (χ4n) is 1.62. The van der Waals surface area contributed by atoms with E-state index in [2.05, 4.69) is 9.97 Å². The number of hydrogen-bond acceptors (Lipinski definition) is 4. The van der Waals surface area contributed by atoms with Crippen molar-refractivity contribution in [1.29, 1.82) is 0 Å². The van der Waals surface area contributed by atoms with Crippen LogP contribution in [0.3, 0.4) is 0 Å². The van der Waals surface area contributed by atoms with Gasteiger partial charge in [-0.2, -0.15) is 0 Å². The number of rotatable bonds is 4. The molecule has 2 aromatic rings. The Labute approximate surface area is 110 Å². The zero-order valence-corrected chi connectivity index (χ0v) is 10.6. The minimum atomic E-state index is -0.839. The molecule has 0 aliphatic carbocycles. The van der Waals surface area contributed by atoms with Crippen molar-refractivity contribution >= 4 is 11.6 Å². The highest BCUT2D eigenvalue weighted by atomic mass is 35.5. The highest BCUT2D eigenvalue weighted by molar-refractivity contribution is 6.31. The second-order valence-corrected chi connectivity index (χ2v) is 4.09. The first kappa shape index (κ1) is 12.8. The molecule has 5 heteroatoms. The van der Waals surface area contributed by atoms with Crippen LogP contribution in [-0.4, -0.2) is 21.7 Å². The third-order valence-electron chi connectivity index (χ3n) is 2.46. The summed E-state index contributed by atoms with van der Waals surface area (Å²) in [5, 5.41) is 10.7. The summed E-state index contributed by atoms with van der Waals surface area (Å²) in [6, 6.07) is 3.43. The van der Waals surface area contributed by atoms with Gasteiger partial charge < -0.3 is 9.84 Å². The molecule has 0 aliphatic heterocycles. The van der Waals surface area contributed by atoms with Gasteiger partial charge in [0.25, 0.3) is 0 Å². The Morgan fingerprint density at radius 2 is 2.17 bits per heavy atom. The monoisotopic (exact) mass is 264 g/mol. The lowest BCUT2D eigenvalue weighted by molar-refractivity contribution is 0.219. The summed E-state index contributed by atoms with van der Waals surface area (Å²) in [6.45, 7) is 2.44. The first-order valence-corrected chi connectivity index (χ1v) is 5.95. The number of aliphatic hydroxyl groups is 1. The van der Waals surface area contributed by atoms with Crippen molar-refractivity contribution in [3.8, 4) is 5.75 Å². The maximum Gasteiger partial charge on any atom is 0.137 e. The first-order valence-electron chi connectivity index (χ1n) is 5.57. The summed E-state index contributed by atoms with van der Waals surface area (Å²) in [7, 11) is 0. The van der Waals surface area contributed by atoms with E-state index in [1.165, 1.54) is 6.20 Å². The van der Waals surface area contributed by atoms with E-state index >= 15 is 0 Å². The van der Waals surface area contributed by atoms with Crippen LogP contribution in [0.25, 0.3) is 0 Å². The van der Waals surface area contributed by atoms with Gasteiger partial charge in [0.1, 0.15) is 11.9 Å². The molecule has 18 heavy (non-hydrogen) atoms. The molecule has 0 bridgehead atoms. The molecule has 1 atom stereocenters. The maximum absolute atomic E-state index is 10.3. The smallest absolute Gasteiger partial charge is 0.137 e. The molecule has 0 aromatic carbocycles. The highest BCUT2D eigenvalue weighted by Crippen LogP contribution is 2.28. The predicted molar refractivity (Wildman–Crippen MR) is 68.7 cm³/mol. The molecule has 1 unspecified atom stereocenters. The van der Waals surface area contributed by atoms with Crippen LogP contribution in [-0.2, 0) is 0 Å². The molecule has 2 aromatic heterocycles. The molecule has 4 nitrogen and oxygen atoms in total. The lowest BCUT2D eigenvalue weighted by atomic mass is 10.0. The van der Waals surface area contributed by atoms with Crippen LogP contribution in [0.2, 0.25) is 5.02 Å². The normalized spacial score (nSPS) is 12.2. The van der Waals surface area contributed by atoms with Gasteiger partial charge in [-0.15, -0.1) is 0 Å². The third kappa shape index (κ3) is 2.78. The van der Waals surface area contributed by atoms with E-state index in [9.17, 15) is 5.11 Å². The number of aliphatic hydroxyl groups excluding tert-OH is 1. The van der Waals surface area contributed by atoms with Gasteiger partial charge in [0.05, 0.1) is 17.8 Å². The van der Waals surface area contributed by atoms with Gasteiger partial charge in [-0.1, -0.05) is 11.6 Å². The zero-order valence-electron chi connectivity index (χ0n) is 9.88. The van der Waals surface area contributed by atoms with Crippen LogP contribution in [0.1, 0.15) is 24.2 Å². The van der Waals surface area contributed by atoms with Crippen LogP contribution in [0.5, 0.6) is 5.75 Å². The number of pyridine rings is 2. The van der Waals surface area contributed by atoms with Crippen molar-refractivity contribution in [3.63, 3.8) is 0 Å². The number of nitrogens with zero attached hydrogens (tertiary/aromatic N) is 2. The second kappa shape index (κ2) is 5.80. The quantitative estimate of drug-likeness (QED) is 0.922. The third-order valence-corrected chi connectivity index (χ3v) is 2.78. The van der Waals surface area contributed by atoms with Crippen LogP contribution in [0, 0.1) is 0 Å². The fourth-order valence-corrected chi connectivity index (χ4v) is 1.84. The fraction of sp³-hybridized carbons (Fsp3) is 0.231. The average Bonchev–Trinajstić information content (AvgIpc) is 2.39. The summed E-state index contributed by atoms with van der Waals surface area (Å²) in [6.07, 6.45) is 5.44. The lowest BCUT2D eigenvalue weighted by Gasteiger charge is -2.13. The minimum absolute atomic E-state index is 0.423. The Balaban J connectivity index is 2.31. The van der Waals surface area contributed by atoms with Gasteiger partial charge in [0.2, 0.25) is 0 Å². The van der Waals surface area contributed by atoms with Gasteiger partial charge in [0.15, 0.2) is 0 Å². The van der Waals surface area contributed by atoms with Crippen molar-refractivity contribution in [3.05, 3.63) is 53.1 Å². The number of hydrogen-bond donors (Lipinski definition) is 1. The van der Waals surface area contributed by atoms with Crippen LogP contribution in [0.4, 0.5) is 0 Å². The van der Waals surface area contributed by atoms with Crippen molar-refractivity contribution in [1.82, 2.24) is 9.97 Å². The molecule has 2 rings (SSSR count). The molecule has 0 saturated heterocycles. The molecule has 0 spiro atoms. The van der Waals surface area contributed by atoms with E-state index in [0.717, 1.165) is 0 Å². The van der Waals surface area contributed by atoms with Gasteiger partial charge in [-0.25, -0.2) is 0 Å². The van der Waals surface area contributed by atoms with Crippen molar-refractivity contribution in [2.75, 3.05) is 6.61 Å². The van der Waals surface area contributed by atoms with Gasteiger partial charge in [-0.05, 0) is 19.1 Å². The van der Waals surface area contributed by atoms with Crippen LogP contribution >= 0.6 is 11.6 Å². The van der Waals surface area contributed by atoms with Crippen LogP contribution in [0.15, 0.2) is 36.9 Å². The van der Waals surface area contributed by atoms with E-state index in [-0.39, 0.29) is 0 Å². The number of halogens is 1. The summed E-state index contributed by atoms with van der Waals surface area (Å²) in [4.78, 5) is 7.92. The summed E-state index contributed by atoms with van der Waals surface area (Å²) in [5.41, 5.74) is 1.23. The molecule has 0 fully saturated rings. The van der Waals surface area contributed by atoms with Crippen LogP contribution < -0.4 is 4.74 Å². The van der Waals surface area contributed by atoms with Crippen molar-refractivity contribution in [2.45, 2.75) is 13.0 Å². The standard InChI is InChI=1S/C13H13ClN2O2/c1-2-18-10-5-9(6-16-7-10)13(17)11-3-4-15-8-12(11)14/h3-8,13,17H,2H2,1H3. The SMILES string of the molecule is CCOc1cncc(C(O)c2ccncc2Cl)c1. The molecule has 94 valence electrons. The van der Waals surface area contributed by atoms with Crippen molar-refractivity contribution < 1.29 is 9.84 Å². The lowest BCUT2D eigenvalue weighted by Crippen LogP contribution is -2.02. The predicted octanol–water partition coefficient (Wildman–Crippen LogP) is 2.61. The Hall–Kier alpha value is -1.65. The van der Waals surface area contributed by atoms with E-state index < -0.39 is 6.10 Å². The van der Waals surface area contributed by atoms with E-state index in [1.807, 2.05) is 6.92 Å². The Morgan fingerprint density at radius 3 is 2.89 bits per heavy atom. The van der Waals surface area contributed by atoms with Gasteiger partial charge in [0, 0.05) is 29.7 Å².